The number of aliphatic hydroxyl groups is 3. The van der Waals surface area contributed by atoms with E-state index in [1.165, 1.54) is 6.92 Å². The number of carboxylic acids is 1. The van der Waals surface area contributed by atoms with Crippen LogP contribution in [0.2, 0.25) is 0 Å². The lowest BCUT2D eigenvalue weighted by molar-refractivity contribution is -0.158. The molecule has 1 aliphatic rings. The molecule has 1 aliphatic heterocycles. The molecule has 1 heterocycles. The Balaban J connectivity index is 3.99. The van der Waals surface area contributed by atoms with Crippen molar-refractivity contribution >= 4 is 65.1 Å². The first-order valence-corrected chi connectivity index (χ1v) is 28.0. The maximum absolute atomic E-state index is 14.7. The summed E-state index contributed by atoms with van der Waals surface area (Å²) in [5.41, 5.74) is 0. The molecule has 0 aromatic heterocycles. The van der Waals surface area contributed by atoms with Gasteiger partial charge in [0.25, 0.3) is 0 Å². The first-order valence-electron chi connectivity index (χ1n) is 28.0. The maximum Gasteiger partial charge on any atom is 0.329 e. The Hall–Kier alpha value is -5.95. The molecule has 79 heavy (non-hydrogen) atoms. The van der Waals surface area contributed by atoms with Crippen molar-refractivity contribution in [1.82, 2.24) is 47.9 Å². The molecule has 0 spiro atoms. The summed E-state index contributed by atoms with van der Waals surface area (Å²) in [4.78, 5) is 152. The second kappa shape index (κ2) is 36.3. The van der Waals surface area contributed by atoms with E-state index in [-0.39, 0.29) is 49.9 Å². The molecule has 452 valence electrons. The highest BCUT2D eigenvalue weighted by Crippen LogP contribution is 2.17. The normalized spacial score (nSPS) is 24.0. The first-order chi connectivity index (χ1) is 37.0. The molecule has 0 aromatic rings. The number of aliphatic hydroxyl groups excluding tert-OH is 3. The number of nitrogens with one attached hydrogen (secondary N) is 9. The van der Waals surface area contributed by atoms with Gasteiger partial charge in [0.1, 0.15) is 60.5 Å². The Bertz CT molecular complexity index is 2020. The fourth-order valence-corrected chi connectivity index (χ4v) is 8.61. The van der Waals surface area contributed by atoms with Crippen molar-refractivity contribution in [3.05, 3.63) is 0 Å². The Labute approximate surface area is 465 Å². The largest absolute Gasteiger partial charge is 0.481 e. The Kier molecular flexibility index (Phi) is 32.7. The van der Waals surface area contributed by atoms with Crippen LogP contribution in [-0.2, 0) is 57.5 Å². The average Bonchev–Trinajstić information content (AvgIpc) is 3.36. The Morgan fingerprint density at radius 1 is 0.582 bits per heavy atom. The van der Waals surface area contributed by atoms with Gasteiger partial charge in [-0.05, 0) is 68.6 Å². The minimum absolute atomic E-state index is 0.0100. The van der Waals surface area contributed by atoms with Gasteiger partial charge in [-0.15, -0.1) is 0 Å². The number of unbranched alkanes of at least 4 members (excludes halogenated alkanes) is 4. The maximum atomic E-state index is 14.7. The second-order valence-corrected chi connectivity index (χ2v) is 22.4. The van der Waals surface area contributed by atoms with Crippen LogP contribution in [-0.4, -0.2) is 165 Å². The average molecular weight is 1130 g/mol. The van der Waals surface area contributed by atoms with Crippen LogP contribution in [0.15, 0.2) is 0 Å². The minimum atomic E-state index is -1.95. The van der Waals surface area contributed by atoms with E-state index in [1.807, 2.05) is 0 Å². The number of aliphatic carboxylic acids is 1. The van der Waals surface area contributed by atoms with Crippen LogP contribution in [0, 0.1) is 29.6 Å². The molecule has 1 fully saturated rings. The summed E-state index contributed by atoms with van der Waals surface area (Å²) in [5.74, 6) is -13.4. The van der Waals surface area contributed by atoms with Crippen LogP contribution in [0.5, 0.6) is 0 Å². The van der Waals surface area contributed by atoms with Crippen LogP contribution >= 0.6 is 0 Å². The van der Waals surface area contributed by atoms with Crippen LogP contribution in [0.1, 0.15) is 167 Å². The van der Waals surface area contributed by atoms with E-state index < -0.39 is 170 Å². The van der Waals surface area contributed by atoms with Gasteiger partial charge in [-0.25, -0.2) is 4.79 Å². The quantitative estimate of drug-likeness (QED) is 0.0383. The van der Waals surface area contributed by atoms with Crippen molar-refractivity contribution in [3.63, 3.8) is 0 Å². The van der Waals surface area contributed by atoms with Gasteiger partial charge in [0.2, 0.25) is 53.2 Å². The number of ether oxygens (including phenoxy) is 1. The summed E-state index contributed by atoms with van der Waals surface area (Å²) in [6.07, 6.45) is 1.05. The molecule has 25 nitrogen and oxygen atoms in total. The molecule has 0 radical (unpaired) electrons. The zero-order chi connectivity index (χ0) is 60.3. The van der Waals surface area contributed by atoms with Crippen molar-refractivity contribution in [1.29, 1.82) is 0 Å². The molecule has 0 aliphatic carbocycles. The molecule has 0 aromatic carbocycles. The van der Waals surface area contributed by atoms with Gasteiger partial charge in [0, 0.05) is 6.42 Å². The first kappa shape index (κ1) is 71.1. The van der Waals surface area contributed by atoms with E-state index in [1.54, 1.807) is 69.2 Å². The summed E-state index contributed by atoms with van der Waals surface area (Å²) < 4.78 is 5.82. The number of hydrogen-bond donors (Lipinski definition) is 13. The lowest BCUT2D eigenvalue weighted by atomic mass is 9.98. The Morgan fingerprint density at radius 2 is 1.08 bits per heavy atom. The smallest absolute Gasteiger partial charge is 0.329 e. The number of hydrogen-bond acceptors (Lipinski definition) is 15. The van der Waals surface area contributed by atoms with Crippen LogP contribution in [0.25, 0.3) is 0 Å². The highest BCUT2D eigenvalue weighted by Gasteiger charge is 2.40. The number of rotatable bonds is 27. The number of cyclic esters (lactones) is 1. The van der Waals surface area contributed by atoms with Gasteiger partial charge < -0.3 is 73.0 Å². The lowest BCUT2D eigenvalue weighted by Crippen LogP contribution is -2.64. The molecule has 12 atom stereocenters. The van der Waals surface area contributed by atoms with Crippen molar-refractivity contribution in [2.24, 2.45) is 29.6 Å². The second-order valence-electron chi connectivity index (χ2n) is 22.4. The summed E-state index contributed by atoms with van der Waals surface area (Å²) in [6, 6.07) is -14.1. The highest BCUT2D eigenvalue weighted by atomic mass is 16.5. The lowest BCUT2D eigenvalue weighted by Gasteiger charge is -2.32. The number of esters is 1. The van der Waals surface area contributed by atoms with Gasteiger partial charge >= 0.3 is 11.9 Å². The molecule has 25 heteroatoms. The molecule has 1 saturated heterocycles. The van der Waals surface area contributed by atoms with E-state index in [0.717, 1.165) is 25.7 Å². The standard InChI is InChI=1S/C54H95N9O16/c1-13-15-16-17-18-19-34(66)25-41(67)55-36(22-28(3)4)47(71)56-35(20-21-42(68)69)46(70)63-45-33(12)79-54(78)44(32(11)14-2)62-51(75)40(27-65)60-48(72)37(23-29(5)6)57-50(74)39(26-64)59-49(73)38(24-30(7)8)58-52(76)43(31(9)10)61-53(45)77/h28-40,43-45,64-66H,13-27H2,1-12H3,(H,55,67)(H,56,71)(H,57,74)(H,58,76)(H,59,73)(H,60,72)(H,61,77)(H,62,75)(H,63,70)(H,68,69)/t32?,33-,34?,35+,36-,37-,38-,39+,40+,43+,44-,45?/m0/s1. The van der Waals surface area contributed by atoms with Gasteiger partial charge in [0.05, 0.1) is 25.7 Å². The molecule has 0 bridgehead atoms. The zero-order valence-corrected chi connectivity index (χ0v) is 48.5. The molecular formula is C54H95N9O16. The molecule has 3 unspecified atom stereocenters. The van der Waals surface area contributed by atoms with Crippen LogP contribution in [0.3, 0.4) is 0 Å². The summed E-state index contributed by atoms with van der Waals surface area (Å²) in [5, 5.41) is 63.5. The number of carbonyl (C=O) groups excluding carboxylic acids is 10. The minimum Gasteiger partial charge on any atom is -0.481 e. The summed E-state index contributed by atoms with van der Waals surface area (Å²) >= 11 is 0. The van der Waals surface area contributed by atoms with Crippen molar-refractivity contribution in [3.8, 4) is 0 Å². The van der Waals surface area contributed by atoms with Crippen molar-refractivity contribution in [2.45, 2.75) is 233 Å². The van der Waals surface area contributed by atoms with E-state index >= 15 is 0 Å². The summed E-state index contributed by atoms with van der Waals surface area (Å²) in [6.45, 7) is 18.2. The Morgan fingerprint density at radius 3 is 1.56 bits per heavy atom. The third-order valence-corrected chi connectivity index (χ3v) is 13.4. The fourth-order valence-electron chi connectivity index (χ4n) is 8.61. The predicted octanol–water partition coefficient (Wildman–Crippen LogP) is 0.0962. The number of carbonyl (C=O) groups is 11. The fraction of sp³-hybridized carbons (Fsp3) is 0.796. The number of amides is 9. The topological polar surface area (TPSA) is 386 Å². The molecule has 13 N–H and O–H groups in total. The van der Waals surface area contributed by atoms with E-state index in [9.17, 15) is 73.2 Å². The number of carboxylic acid groups (broad SMARTS) is 1. The van der Waals surface area contributed by atoms with Crippen LogP contribution in [0.4, 0.5) is 0 Å². The monoisotopic (exact) mass is 1130 g/mol. The van der Waals surface area contributed by atoms with Gasteiger partial charge in [-0.2, -0.15) is 0 Å². The van der Waals surface area contributed by atoms with Crippen LogP contribution < -0.4 is 47.9 Å². The van der Waals surface area contributed by atoms with Gasteiger partial charge in [-0.3, -0.25) is 47.9 Å². The SMILES string of the molecule is CCCCCCCC(O)CC(=O)N[C@@H](CC(C)C)C(=O)N[C@H](CCC(=O)O)C(=O)NC1C(=O)N[C@H](C(C)C)C(=O)N[C@@H](CC(C)C)C(=O)N[C@H](CO)C(=O)N[C@@H](CC(C)C)C(=O)N[C@H](CO)C(=O)N[C@@H](C(C)CC)C(=O)O[C@H]1C. The summed E-state index contributed by atoms with van der Waals surface area (Å²) in [7, 11) is 0. The van der Waals surface area contributed by atoms with E-state index in [2.05, 4.69) is 54.8 Å². The predicted molar refractivity (Wildman–Crippen MR) is 291 cm³/mol. The third kappa shape index (κ3) is 26.3. The van der Waals surface area contributed by atoms with Crippen molar-refractivity contribution in [2.75, 3.05) is 13.2 Å². The molecule has 1 rings (SSSR count). The highest BCUT2D eigenvalue weighted by molar-refractivity contribution is 5.99. The molecule has 9 amide bonds. The van der Waals surface area contributed by atoms with E-state index in [4.69, 9.17) is 4.74 Å². The molecular weight excluding hydrogens is 1030 g/mol. The van der Waals surface area contributed by atoms with Gasteiger partial charge in [0.15, 0.2) is 0 Å². The zero-order valence-electron chi connectivity index (χ0n) is 48.5. The van der Waals surface area contributed by atoms with Gasteiger partial charge in [-0.1, -0.05) is 115 Å². The third-order valence-electron chi connectivity index (χ3n) is 13.4. The van der Waals surface area contributed by atoms with Crippen molar-refractivity contribution < 1.29 is 77.9 Å². The molecule has 0 saturated carbocycles. The van der Waals surface area contributed by atoms with E-state index in [0.29, 0.717) is 12.8 Å².